The SMILES string of the molecule is Cc1cc(C(=O)N[C@H]2CN(CCN3CCCC3=O)C[C@@H]2C(C)C)no1.Cl. The maximum atomic E-state index is 12.4. The molecule has 2 aliphatic rings. The second-order valence-electron chi connectivity index (χ2n) is 7.55. The lowest BCUT2D eigenvalue weighted by Crippen LogP contribution is -2.42. The van der Waals surface area contributed by atoms with Gasteiger partial charge in [-0.15, -0.1) is 12.4 Å². The van der Waals surface area contributed by atoms with Crippen LogP contribution in [0, 0.1) is 18.8 Å². The molecule has 0 spiro atoms. The summed E-state index contributed by atoms with van der Waals surface area (Å²) in [6, 6.07) is 1.75. The minimum atomic E-state index is -0.177. The zero-order valence-corrected chi connectivity index (χ0v) is 16.6. The number of rotatable bonds is 6. The van der Waals surface area contributed by atoms with Crippen LogP contribution in [-0.2, 0) is 4.79 Å². The molecule has 3 rings (SSSR count). The summed E-state index contributed by atoms with van der Waals surface area (Å²) in [7, 11) is 0. The molecular weight excluding hydrogens is 356 g/mol. The average molecular weight is 385 g/mol. The third kappa shape index (κ3) is 4.76. The van der Waals surface area contributed by atoms with Crippen LogP contribution in [0.25, 0.3) is 0 Å². The van der Waals surface area contributed by atoms with E-state index >= 15 is 0 Å². The Hall–Kier alpha value is -1.60. The van der Waals surface area contributed by atoms with Gasteiger partial charge in [0.1, 0.15) is 5.76 Å². The largest absolute Gasteiger partial charge is 0.361 e. The number of aromatic nitrogens is 1. The molecule has 1 aromatic rings. The summed E-state index contributed by atoms with van der Waals surface area (Å²) < 4.78 is 4.99. The number of amides is 2. The Labute approximate surface area is 160 Å². The van der Waals surface area contributed by atoms with E-state index < -0.39 is 0 Å². The third-order valence-corrected chi connectivity index (χ3v) is 5.33. The molecule has 1 N–H and O–H groups in total. The Morgan fingerprint density at radius 3 is 2.73 bits per heavy atom. The van der Waals surface area contributed by atoms with Gasteiger partial charge < -0.3 is 14.7 Å². The van der Waals surface area contributed by atoms with Crippen molar-refractivity contribution >= 4 is 24.2 Å². The molecule has 8 heteroatoms. The van der Waals surface area contributed by atoms with Gasteiger partial charge in [0.2, 0.25) is 5.91 Å². The van der Waals surface area contributed by atoms with Crippen molar-refractivity contribution in [3.63, 3.8) is 0 Å². The summed E-state index contributed by atoms with van der Waals surface area (Å²) >= 11 is 0. The fraction of sp³-hybridized carbons (Fsp3) is 0.722. The van der Waals surface area contributed by atoms with Crippen molar-refractivity contribution in [2.24, 2.45) is 11.8 Å². The first-order chi connectivity index (χ1) is 11.9. The van der Waals surface area contributed by atoms with Crippen molar-refractivity contribution in [2.75, 3.05) is 32.7 Å². The lowest BCUT2D eigenvalue weighted by molar-refractivity contribution is -0.127. The zero-order valence-electron chi connectivity index (χ0n) is 15.7. The average Bonchev–Trinajstić information content (AvgIpc) is 3.26. The maximum absolute atomic E-state index is 12.4. The van der Waals surface area contributed by atoms with E-state index in [2.05, 4.69) is 29.2 Å². The summed E-state index contributed by atoms with van der Waals surface area (Å²) in [6.45, 7) is 10.5. The van der Waals surface area contributed by atoms with E-state index in [0.29, 0.717) is 29.7 Å². The Bertz CT molecular complexity index is 634. The van der Waals surface area contributed by atoms with Crippen LogP contribution in [0.4, 0.5) is 0 Å². The predicted molar refractivity (Wildman–Crippen MR) is 100 cm³/mol. The lowest BCUT2D eigenvalue weighted by atomic mass is 9.91. The number of carbonyl (C=O) groups excluding carboxylic acids is 2. The molecule has 2 atom stereocenters. The molecule has 2 fully saturated rings. The van der Waals surface area contributed by atoms with Crippen molar-refractivity contribution in [3.05, 3.63) is 17.5 Å². The van der Waals surface area contributed by atoms with Crippen molar-refractivity contribution in [1.29, 1.82) is 0 Å². The van der Waals surface area contributed by atoms with E-state index in [1.165, 1.54) is 0 Å². The maximum Gasteiger partial charge on any atom is 0.273 e. The standard InChI is InChI=1S/C18H28N4O3.ClH/c1-12(2)14-10-21(7-8-22-6-4-5-17(22)23)11-16(14)19-18(24)15-9-13(3)25-20-15;/h9,12,14,16H,4-8,10-11H2,1-3H3,(H,19,24);1H/t14-,16+;/m1./s1. The van der Waals surface area contributed by atoms with Crippen LogP contribution in [0.2, 0.25) is 0 Å². The predicted octanol–water partition coefficient (Wildman–Crippen LogP) is 1.71. The molecule has 146 valence electrons. The third-order valence-electron chi connectivity index (χ3n) is 5.33. The van der Waals surface area contributed by atoms with Gasteiger partial charge in [-0.1, -0.05) is 19.0 Å². The number of likely N-dealkylation sites (tertiary alicyclic amines) is 2. The smallest absolute Gasteiger partial charge is 0.273 e. The van der Waals surface area contributed by atoms with Gasteiger partial charge in [0.05, 0.1) is 0 Å². The van der Waals surface area contributed by atoms with E-state index in [9.17, 15) is 9.59 Å². The van der Waals surface area contributed by atoms with Crippen LogP contribution >= 0.6 is 12.4 Å². The van der Waals surface area contributed by atoms with E-state index in [1.54, 1.807) is 13.0 Å². The van der Waals surface area contributed by atoms with Gasteiger partial charge in [-0.3, -0.25) is 14.5 Å². The minimum Gasteiger partial charge on any atom is -0.361 e. The van der Waals surface area contributed by atoms with Crippen LogP contribution in [-0.4, -0.2) is 65.5 Å². The fourth-order valence-corrected chi connectivity index (χ4v) is 3.84. The number of hydrogen-bond donors (Lipinski definition) is 1. The van der Waals surface area contributed by atoms with Gasteiger partial charge in [0.25, 0.3) is 5.91 Å². The Balaban J connectivity index is 0.00000243. The summed E-state index contributed by atoms with van der Waals surface area (Å²) in [5.74, 6) is 1.60. The highest BCUT2D eigenvalue weighted by Gasteiger charge is 2.36. The number of carbonyl (C=O) groups is 2. The number of hydrogen-bond acceptors (Lipinski definition) is 5. The quantitative estimate of drug-likeness (QED) is 0.807. The highest BCUT2D eigenvalue weighted by atomic mass is 35.5. The van der Waals surface area contributed by atoms with Gasteiger partial charge >= 0.3 is 0 Å². The van der Waals surface area contributed by atoms with Gasteiger partial charge in [-0.05, 0) is 25.2 Å². The first kappa shape index (κ1) is 20.7. The van der Waals surface area contributed by atoms with Gasteiger partial charge in [-0.2, -0.15) is 0 Å². The van der Waals surface area contributed by atoms with Crippen LogP contribution < -0.4 is 5.32 Å². The molecule has 7 nitrogen and oxygen atoms in total. The molecule has 1 aromatic heterocycles. The highest BCUT2D eigenvalue weighted by Crippen LogP contribution is 2.25. The zero-order chi connectivity index (χ0) is 18.0. The van der Waals surface area contributed by atoms with Crippen LogP contribution in [0.1, 0.15) is 42.9 Å². The van der Waals surface area contributed by atoms with E-state index in [-0.39, 0.29) is 30.3 Å². The molecule has 2 amide bonds. The Kier molecular flexibility index (Phi) is 7.06. The van der Waals surface area contributed by atoms with Gasteiger partial charge in [-0.25, -0.2) is 0 Å². The number of nitrogens with zero attached hydrogens (tertiary/aromatic N) is 3. The highest BCUT2D eigenvalue weighted by molar-refractivity contribution is 5.92. The Morgan fingerprint density at radius 2 is 2.15 bits per heavy atom. The monoisotopic (exact) mass is 384 g/mol. The van der Waals surface area contributed by atoms with Gasteiger partial charge in [0, 0.05) is 51.3 Å². The summed E-state index contributed by atoms with van der Waals surface area (Å²) in [6.07, 6.45) is 1.66. The fourth-order valence-electron chi connectivity index (χ4n) is 3.84. The molecule has 0 unspecified atom stereocenters. The molecule has 26 heavy (non-hydrogen) atoms. The van der Waals surface area contributed by atoms with Crippen molar-refractivity contribution in [1.82, 2.24) is 20.3 Å². The van der Waals surface area contributed by atoms with E-state index in [4.69, 9.17) is 4.52 Å². The molecule has 0 aromatic carbocycles. The number of nitrogens with one attached hydrogen (secondary N) is 1. The van der Waals surface area contributed by atoms with E-state index in [0.717, 1.165) is 39.1 Å². The molecule has 2 saturated heterocycles. The van der Waals surface area contributed by atoms with Crippen molar-refractivity contribution in [2.45, 2.75) is 39.7 Å². The molecule has 2 aliphatic heterocycles. The first-order valence-corrected chi connectivity index (χ1v) is 9.18. The number of halogens is 1. The van der Waals surface area contributed by atoms with Gasteiger partial charge in [0.15, 0.2) is 5.69 Å². The van der Waals surface area contributed by atoms with E-state index in [1.807, 2.05) is 4.90 Å². The summed E-state index contributed by atoms with van der Waals surface area (Å²) in [5.41, 5.74) is 0.334. The normalized spacial score (nSPS) is 23.5. The lowest BCUT2D eigenvalue weighted by Gasteiger charge is -2.22. The summed E-state index contributed by atoms with van der Waals surface area (Å²) in [4.78, 5) is 28.5. The van der Waals surface area contributed by atoms with Crippen LogP contribution in [0.3, 0.4) is 0 Å². The van der Waals surface area contributed by atoms with Crippen LogP contribution in [0.15, 0.2) is 10.6 Å². The second-order valence-corrected chi connectivity index (χ2v) is 7.55. The molecule has 0 radical (unpaired) electrons. The molecule has 0 aliphatic carbocycles. The molecular formula is C18H29ClN4O3. The Morgan fingerprint density at radius 1 is 1.38 bits per heavy atom. The minimum absolute atomic E-state index is 0. The number of aryl methyl sites for hydroxylation is 1. The van der Waals surface area contributed by atoms with Crippen LogP contribution in [0.5, 0.6) is 0 Å². The first-order valence-electron chi connectivity index (χ1n) is 9.18. The second kappa shape index (κ2) is 8.86. The van der Waals surface area contributed by atoms with Crippen molar-refractivity contribution in [3.8, 4) is 0 Å². The molecule has 3 heterocycles. The molecule has 0 bridgehead atoms. The summed E-state index contributed by atoms with van der Waals surface area (Å²) in [5, 5.41) is 6.92. The van der Waals surface area contributed by atoms with Crippen molar-refractivity contribution < 1.29 is 14.1 Å². The molecule has 0 saturated carbocycles. The topological polar surface area (TPSA) is 78.7 Å².